The lowest BCUT2D eigenvalue weighted by Crippen LogP contribution is -2.07. The summed E-state index contributed by atoms with van der Waals surface area (Å²) < 4.78 is 4.77. The molecule has 0 saturated heterocycles. The van der Waals surface area contributed by atoms with Crippen LogP contribution >= 0.6 is 12.4 Å². The monoisotopic (exact) mass is 232 g/mol. The van der Waals surface area contributed by atoms with Crippen molar-refractivity contribution >= 4 is 18.4 Å². The zero-order valence-electron chi connectivity index (χ0n) is 7.90. The molecular weight excluding hydrogens is 216 g/mol. The van der Waals surface area contributed by atoms with Crippen molar-refractivity contribution in [3.63, 3.8) is 0 Å². The number of ether oxygens (including phenoxy) is 1. The number of halogens is 1. The van der Waals surface area contributed by atoms with Crippen LogP contribution in [0, 0.1) is 0 Å². The summed E-state index contributed by atoms with van der Waals surface area (Å²) in [5, 5.41) is 0. The number of esters is 1. The molecule has 1 aromatic heterocycles. The summed E-state index contributed by atoms with van der Waals surface area (Å²) in [7, 11) is 0. The molecule has 5 heteroatoms. The van der Waals surface area contributed by atoms with Crippen LogP contribution in [0.25, 0.3) is 0 Å². The van der Waals surface area contributed by atoms with Gasteiger partial charge in [-0.2, -0.15) is 0 Å². The van der Waals surface area contributed by atoms with Crippen LogP contribution in [0.3, 0.4) is 0 Å². The molecule has 0 aromatic carbocycles. The van der Waals surface area contributed by atoms with Crippen molar-refractivity contribution < 1.29 is 9.53 Å². The highest BCUT2D eigenvalue weighted by Gasteiger charge is 2.06. The summed E-state index contributed by atoms with van der Waals surface area (Å²) in [6.45, 7) is 2.54. The van der Waals surface area contributed by atoms with Gasteiger partial charge in [-0.15, -0.1) is 12.4 Å². The molecule has 0 bridgehead atoms. The van der Waals surface area contributed by atoms with Gasteiger partial charge in [-0.05, 0) is 18.6 Å². The van der Waals surface area contributed by atoms with Crippen LogP contribution in [0.5, 0.6) is 0 Å². The lowest BCUT2D eigenvalue weighted by Gasteiger charge is -2.01. The molecule has 0 fully saturated rings. The van der Waals surface area contributed by atoms with Crippen molar-refractivity contribution in [2.24, 2.45) is 5.73 Å². The Hall–Kier alpha value is -1.13. The minimum Gasteiger partial charge on any atom is -0.461 e. The van der Waals surface area contributed by atoms with E-state index in [-0.39, 0.29) is 19.8 Å². The van der Waals surface area contributed by atoms with Gasteiger partial charge in [-0.1, -0.05) is 13.5 Å². The molecule has 0 aliphatic carbocycles. The van der Waals surface area contributed by atoms with E-state index in [1.54, 1.807) is 25.3 Å². The van der Waals surface area contributed by atoms with Crippen LogP contribution in [0.15, 0.2) is 18.3 Å². The molecule has 0 radical (unpaired) electrons. The van der Waals surface area contributed by atoms with E-state index in [9.17, 15) is 4.79 Å². The zero-order valence-corrected chi connectivity index (χ0v) is 8.71. The summed E-state index contributed by atoms with van der Waals surface area (Å²) >= 11 is 0. The highest BCUT2D eigenvalue weighted by atomic mass is 35.5. The van der Waals surface area contributed by atoms with Gasteiger partial charge in [0.1, 0.15) is 5.69 Å². The number of nitrogens with two attached hydrogens (primary N) is 1. The van der Waals surface area contributed by atoms with Gasteiger partial charge in [0.25, 0.3) is 0 Å². The Bertz CT molecular complexity index is 288. The predicted molar refractivity (Wildman–Crippen MR) is 62.1 cm³/mol. The molecule has 0 spiro atoms. The summed E-state index contributed by atoms with van der Waals surface area (Å²) in [6, 6.07) is 3.37. The second-order valence-corrected chi connectivity index (χ2v) is 2.48. The number of pyridine rings is 1. The second kappa shape index (κ2) is 8.20. The minimum absolute atomic E-state index is 0. The van der Waals surface area contributed by atoms with Crippen LogP contribution in [-0.4, -0.2) is 17.6 Å². The molecule has 0 unspecified atom stereocenters. The molecule has 1 aromatic rings. The fraction of sp³-hybridized carbons (Fsp3) is 0.400. The smallest absolute Gasteiger partial charge is 0.356 e. The van der Waals surface area contributed by atoms with Crippen LogP contribution in [0.4, 0.5) is 0 Å². The van der Waals surface area contributed by atoms with Crippen LogP contribution in [-0.2, 0) is 11.3 Å². The van der Waals surface area contributed by atoms with Gasteiger partial charge in [0, 0.05) is 12.7 Å². The normalized spacial score (nSPS) is 8.40. The second-order valence-electron chi connectivity index (χ2n) is 2.48. The molecule has 1 rings (SSSR count). The molecular formula is C10H17ClN2O2. The Morgan fingerprint density at radius 3 is 2.60 bits per heavy atom. The summed E-state index contributed by atoms with van der Waals surface area (Å²) in [5.41, 5.74) is 6.59. The van der Waals surface area contributed by atoms with Gasteiger partial charge < -0.3 is 10.5 Å². The molecule has 2 N–H and O–H groups in total. The van der Waals surface area contributed by atoms with E-state index in [0.717, 1.165) is 5.56 Å². The van der Waals surface area contributed by atoms with E-state index in [2.05, 4.69) is 4.98 Å². The summed E-state index contributed by atoms with van der Waals surface area (Å²) in [4.78, 5) is 15.0. The third kappa shape index (κ3) is 4.76. The maximum atomic E-state index is 11.1. The molecule has 0 amide bonds. The average Bonchev–Trinajstić information content (AvgIpc) is 2.18. The fourth-order valence-electron chi connectivity index (χ4n) is 0.871. The van der Waals surface area contributed by atoms with Crippen molar-refractivity contribution in [3.8, 4) is 0 Å². The van der Waals surface area contributed by atoms with Gasteiger partial charge in [0.2, 0.25) is 0 Å². The SMILES string of the molecule is C.CCOC(=O)c1ccc(CN)cn1.Cl. The maximum absolute atomic E-state index is 11.1. The molecule has 0 aliphatic heterocycles. The van der Waals surface area contributed by atoms with E-state index in [1.807, 2.05) is 0 Å². The van der Waals surface area contributed by atoms with Gasteiger partial charge >= 0.3 is 5.97 Å². The van der Waals surface area contributed by atoms with E-state index in [0.29, 0.717) is 18.8 Å². The van der Waals surface area contributed by atoms with Crippen molar-refractivity contribution in [2.45, 2.75) is 20.9 Å². The number of carbonyl (C=O) groups is 1. The highest BCUT2D eigenvalue weighted by Crippen LogP contribution is 2.00. The largest absolute Gasteiger partial charge is 0.461 e. The van der Waals surface area contributed by atoms with Gasteiger partial charge in [0.15, 0.2) is 0 Å². The highest BCUT2D eigenvalue weighted by molar-refractivity contribution is 5.87. The lowest BCUT2D eigenvalue weighted by molar-refractivity contribution is 0.0519. The molecule has 0 atom stereocenters. The Labute approximate surface area is 96.2 Å². The Morgan fingerprint density at radius 2 is 2.20 bits per heavy atom. The van der Waals surface area contributed by atoms with Crippen molar-refractivity contribution in [1.82, 2.24) is 4.98 Å². The molecule has 4 nitrogen and oxygen atoms in total. The van der Waals surface area contributed by atoms with E-state index < -0.39 is 5.97 Å². The van der Waals surface area contributed by atoms with Crippen LogP contribution < -0.4 is 5.73 Å². The Kier molecular flexibility index (Phi) is 8.91. The quantitative estimate of drug-likeness (QED) is 0.807. The number of hydrogen-bond donors (Lipinski definition) is 1. The third-order valence-corrected chi connectivity index (χ3v) is 1.55. The van der Waals surface area contributed by atoms with E-state index in [4.69, 9.17) is 10.5 Å². The first-order chi connectivity index (χ1) is 6.27. The standard InChI is InChI=1S/C9H12N2O2.CH4.ClH/c1-2-13-9(12)8-4-3-7(5-10)6-11-8;;/h3-4,6H,2,5,10H2,1H3;1H4;1H. The summed E-state index contributed by atoms with van der Waals surface area (Å²) in [5.74, 6) is -0.397. The molecule has 1 heterocycles. The zero-order chi connectivity index (χ0) is 9.68. The average molecular weight is 233 g/mol. The van der Waals surface area contributed by atoms with E-state index >= 15 is 0 Å². The molecule has 15 heavy (non-hydrogen) atoms. The first-order valence-corrected chi connectivity index (χ1v) is 4.10. The molecule has 0 aliphatic rings. The predicted octanol–water partition coefficient (Wildman–Crippen LogP) is 1.77. The van der Waals surface area contributed by atoms with Gasteiger partial charge in [-0.25, -0.2) is 9.78 Å². The fourth-order valence-corrected chi connectivity index (χ4v) is 0.871. The number of rotatable bonds is 3. The maximum Gasteiger partial charge on any atom is 0.356 e. The Balaban J connectivity index is 0. The molecule has 0 saturated carbocycles. The Morgan fingerprint density at radius 1 is 1.53 bits per heavy atom. The number of nitrogens with zero attached hydrogens (tertiary/aromatic N) is 1. The van der Waals surface area contributed by atoms with E-state index in [1.165, 1.54) is 0 Å². The first kappa shape index (κ1) is 16.3. The van der Waals surface area contributed by atoms with Crippen LogP contribution in [0.1, 0.15) is 30.4 Å². The summed E-state index contributed by atoms with van der Waals surface area (Å²) in [6.07, 6.45) is 1.58. The van der Waals surface area contributed by atoms with Crippen molar-refractivity contribution in [3.05, 3.63) is 29.6 Å². The van der Waals surface area contributed by atoms with Gasteiger partial charge in [-0.3, -0.25) is 0 Å². The minimum atomic E-state index is -0.397. The third-order valence-electron chi connectivity index (χ3n) is 1.55. The van der Waals surface area contributed by atoms with Crippen molar-refractivity contribution in [2.75, 3.05) is 6.61 Å². The number of carbonyl (C=O) groups excluding carboxylic acids is 1. The first-order valence-electron chi connectivity index (χ1n) is 4.10. The number of hydrogen-bond acceptors (Lipinski definition) is 4. The van der Waals surface area contributed by atoms with Crippen molar-refractivity contribution in [1.29, 1.82) is 0 Å². The van der Waals surface area contributed by atoms with Crippen LogP contribution in [0.2, 0.25) is 0 Å². The topological polar surface area (TPSA) is 65.2 Å². The van der Waals surface area contributed by atoms with Gasteiger partial charge in [0.05, 0.1) is 6.61 Å². The lowest BCUT2D eigenvalue weighted by atomic mass is 10.2. The number of aromatic nitrogens is 1. The molecule has 86 valence electrons.